The van der Waals surface area contributed by atoms with Crippen LogP contribution in [0.15, 0.2) is 71.4 Å². The van der Waals surface area contributed by atoms with E-state index in [1.54, 1.807) is 25.3 Å². The maximum absolute atomic E-state index is 13.0. The van der Waals surface area contributed by atoms with Gasteiger partial charge in [0.15, 0.2) is 0 Å². The molecule has 1 amide bonds. The van der Waals surface area contributed by atoms with Gasteiger partial charge in [0, 0.05) is 38.9 Å². The Kier molecular flexibility index (Phi) is 6.63. The molecule has 35 heavy (non-hydrogen) atoms. The second kappa shape index (κ2) is 9.50. The molecule has 0 aliphatic carbocycles. The average Bonchev–Trinajstić information content (AvgIpc) is 3.23. The zero-order chi connectivity index (χ0) is 25.3. The first-order chi connectivity index (χ1) is 16.6. The molecule has 0 saturated heterocycles. The van der Waals surface area contributed by atoms with E-state index in [0.717, 1.165) is 34.2 Å². The number of alkyl halides is 3. The van der Waals surface area contributed by atoms with Crippen LogP contribution < -0.4 is 10.1 Å². The van der Waals surface area contributed by atoms with Crippen LogP contribution in [-0.2, 0) is 11.0 Å². The molecule has 0 radical (unpaired) electrons. The van der Waals surface area contributed by atoms with Crippen molar-refractivity contribution in [2.75, 3.05) is 12.4 Å². The highest BCUT2D eigenvalue weighted by atomic mass is 35.5. The SMILES string of the molecule is COc1c(/C(C)=C/C(=O)Nc2cccc(C(F)(F)F)c2)cc2c(-c3ccc(Cl)cc3)coc2c1C. The van der Waals surface area contributed by atoms with Gasteiger partial charge in [-0.15, -0.1) is 0 Å². The number of hydrogen-bond acceptors (Lipinski definition) is 3. The van der Waals surface area contributed by atoms with Gasteiger partial charge in [0.1, 0.15) is 11.3 Å². The summed E-state index contributed by atoms with van der Waals surface area (Å²) in [4.78, 5) is 12.6. The predicted molar refractivity (Wildman–Crippen MR) is 132 cm³/mol. The molecule has 4 nitrogen and oxygen atoms in total. The summed E-state index contributed by atoms with van der Waals surface area (Å²) in [7, 11) is 1.52. The van der Waals surface area contributed by atoms with Crippen LogP contribution >= 0.6 is 11.6 Å². The fraction of sp³-hybridized carbons (Fsp3) is 0.148. The molecule has 0 unspecified atom stereocenters. The highest BCUT2D eigenvalue weighted by Crippen LogP contribution is 2.40. The maximum atomic E-state index is 13.0. The molecule has 0 saturated carbocycles. The molecule has 1 heterocycles. The van der Waals surface area contributed by atoms with Gasteiger partial charge in [-0.3, -0.25) is 4.79 Å². The number of hydrogen-bond donors (Lipinski definition) is 1. The van der Waals surface area contributed by atoms with Gasteiger partial charge in [-0.05, 0) is 61.4 Å². The summed E-state index contributed by atoms with van der Waals surface area (Å²) in [5.74, 6) is -0.0260. The maximum Gasteiger partial charge on any atom is 0.416 e. The van der Waals surface area contributed by atoms with Gasteiger partial charge in [0.2, 0.25) is 5.91 Å². The molecule has 0 aliphatic rings. The van der Waals surface area contributed by atoms with E-state index in [4.69, 9.17) is 20.8 Å². The Morgan fingerprint density at radius 2 is 1.83 bits per heavy atom. The van der Waals surface area contributed by atoms with Crippen molar-refractivity contribution in [2.24, 2.45) is 0 Å². The molecule has 180 valence electrons. The lowest BCUT2D eigenvalue weighted by molar-refractivity contribution is -0.137. The van der Waals surface area contributed by atoms with Crippen molar-refractivity contribution in [2.45, 2.75) is 20.0 Å². The topological polar surface area (TPSA) is 51.5 Å². The number of carbonyl (C=O) groups is 1. The number of benzene rings is 3. The summed E-state index contributed by atoms with van der Waals surface area (Å²) < 4.78 is 50.4. The van der Waals surface area contributed by atoms with Gasteiger partial charge in [0.25, 0.3) is 0 Å². The molecular weight excluding hydrogens is 479 g/mol. The summed E-state index contributed by atoms with van der Waals surface area (Å²) in [6.45, 7) is 3.59. The number of aryl methyl sites for hydroxylation is 1. The Balaban J connectivity index is 1.72. The zero-order valence-corrected chi connectivity index (χ0v) is 19.8. The Labute approximate surface area is 205 Å². The summed E-state index contributed by atoms with van der Waals surface area (Å²) in [6.07, 6.45) is -1.52. The first kappa shape index (κ1) is 24.4. The zero-order valence-electron chi connectivity index (χ0n) is 19.1. The van der Waals surface area contributed by atoms with Crippen molar-refractivity contribution in [1.29, 1.82) is 0 Å². The standard InChI is InChI=1S/C27H21ClF3NO3/c1-15(11-24(33)32-20-6-4-5-18(12-20)27(29,30)31)21-13-22-23(17-7-9-19(28)10-8-17)14-35-26(22)16(2)25(21)34-3/h4-14H,1-3H3,(H,32,33)/b15-11+. The van der Waals surface area contributed by atoms with Crippen molar-refractivity contribution < 1.29 is 27.1 Å². The number of furan rings is 1. The van der Waals surface area contributed by atoms with Crippen LogP contribution in [0.2, 0.25) is 5.02 Å². The van der Waals surface area contributed by atoms with Crippen LogP contribution in [0.1, 0.15) is 23.6 Å². The number of fused-ring (bicyclic) bond motifs is 1. The predicted octanol–water partition coefficient (Wildman–Crippen LogP) is 8.13. The summed E-state index contributed by atoms with van der Waals surface area (Å²) in [5.41, 5.74) is 3.61. The number of methoxy groups -OCH3 is 1. The van der Waals surface area contributed by atoms with E-state index in [1.165, 1.54) is 25.3 Å². The molecule has 8 heteroatoms. The smallest absolute Gasteiger partial charge is 0.416 e. The minimum absolute atomic E-state index is 0.0485. The van der Waals surface area contributed by atoms with E-state index < -0.39 is 17.6 Å². The second-order valence-corrected chi connectivity index (χ2v) is 8.45. The molecule has 1 N–H and O–H groups in total. The van der Waals surface area contributed by atoms with Crippen LogP contribution in [0.3, 0.4) is 0 Å². The van der Waals surface area contributed by atoms with E-state index in [1.807, 2.05) is 25.1 Å². The van der Waals surface area contributed by atoms with Crippen molar-refractivity contribution in [3.63, 3.8) is 0 Å². The molecule has 3 aromatic carbocycles. The van der Waals surface area contributed by atoms with Crippen molar-refractivity contribution in [3.05, 3.63) is 88.6 Å². The second-order valence-electron chi connectivity index (χ2n) is 8.01. The summed E-state index contributed by atoms with van der Waals surface area (Å²) >= 11 is 6.02. The highest BCUT2D eigenvalue weighted by Gasteiger charge is 2.30. The summed E-state index contributed by atoms with van der Waals surface area (Å²) in [5, 5.41) is 3.94. The Bertz CT molecular complexity index is 1440. The molecule has 0 bridgehead atoms. The number of ether oxygens (including phenoxy) is 1. The normalized spacial score (nSPS) is 12.1. The Hall–Kier alpha value is -3.71. The number of anilines is 1. The number of nitrogens with one attached hydrogen (secondary N) is 1. The number of allylic oxidation sites excluding steroid dienone is 1. The van der Waals surface area contributed by atoms with E-state index in [9.17, 15) is 18.0 Å². The third-order valence-corrected chi connectivity index (χ3v) is 5.89. The molecule has 4 rings (SSSR count). The third kappa shape index (κ3) is 5.05. The van der Waals surface area contributed by atoms with Crippen LogP contribution in [0, 0.1) is 6.92 Å². The van der Waals surface area contributed by atoms with Crippen LogP contribution in [0.25, 0.3) is 27.7 Å². The van der Waals surface area contributed by atoms with Gasteiger partial charge in [-0.25, -0.2) is 0 Å². The lowest BCUT2D eigenvalue weighted by Gasteiger charge is -2.13. The van der Waals surface area contributed by atoms with Gasteiger partial charge in [0.05, 0.1) is 18.9 Å². The monoisotopic (exact) mass is 499 g/mol. The minimum atomic E-state index is -4.50. The Morgan fingerprint density at radius 3 is 2.49 bits per heavy atom. The lowest BCUT2D eigenvalue weighted by Crippen LogP contribution is -2.11. The third-order valence-electron chi connectivity index (χ3n) is 5.63. The largest absolute Gasteiger partial charge is 0.496 e. The van der Waals surface area contributed by atoms with E-state index in [2.05, 4.69) is 5.32 Å². The number of halogens is 4. The first-order valence-electron chi connectivity index (χ1n) is 10.6. The van der Waals surface area contributed by atoms with E-state index >= 15 is 0 Å². The number of amides is 1. The fourth-order valence-electron chi connectivity index (χ4n) is 3.95. The molecular formula is C27H21ClF3NO3. The number of carbonyl (C=O) groups excluding carboxylic acids is 1. The van der Waals surface area contributed by atoms with Crippen LogP contribution in [-0.4, -0.2) is 13.0 Å². The lowest BCUT2D eigenvalue weighted by atomic mass is 9.96. The molecule has 1 aromatic heterocycles. The van der Waals surface area contributed by atoms with Crippen molar-refractivity contribution in [3.8, 4) is 16.9 Å². The minimum Gasteiger partial charge on any atom is -0.496 e. The van der Waals surface area contributed by atoms with Gasteiger partial charge in [-0.2, -0.15) is 13.2 Å². The van der Waals surface area contributed by atoms with Gasteiger partial charge < -0.3 is 14.5 Å². The quantitative estimate of drug-likeness (QED) is 0.282. The van der Waals surface area contributed by atoms with Crippen molar-refractivity contribution >= 4 is 39.7 Å². The molecule has 0 fully saturated rings. The highest BCUT2D eigenvalue weighted by molar-refractivity contribution is 6.30. The number of rotatable bonds is 5. The fourth-order valence-corrected chi connectivity index (χ4v) is 4.08. The van der Waals surface area contributed by atoms with E-state index in [0.29, 0.717) is 27.5 Å². The molecule has 0 spiro atoms. The molecule has 0 atom stereocenters. The van der Waals surface area contributed by atoms with Crippen LogP contribution in [0.4, 0.5) is 18.9 Å². The molecule has 4 aromatic rings. The Morgan fingerprint density at radius 1 is 1.11 bits per heavy atom. The van der Waals surface area contributed by atoms with Gasteiger partial charge in [-0.1, -0.05) is 29.8 Å². The average molecular weight is 500 g/mol. The molecule has 0 aliphatic heterocycles. The van der Waals surface area contributed by atoms with Crippen molar-refractivity contribution in [1.82, 2.24) is 0 Å². The summed E-state index contributed by atoms with van der Waals surface area (Å²) in [6, 6.07) is 13.7. The van der Waals surface area contributed by atoms with Gasteiger partial charge >= 0.3 is 6.18 Å². The first-order valence-corrected chi connectivity index (χ1v) is 11.0. The van der Waals surface area contributed by atoms with Crippen LogP contribution in [0.5, 0.6) is 5.75 Å². The van der Waals surface area contributed by atoms with E-state index in [-0.39, 0.29) is 5.69 Å².